The number of benzene rings is 1. The second-order valence-corrected chi connectivity index (χ2v) is 7.53. The number of fused-ring (bicyclic) bond motifs is 4. The van der Waals surface area contributed by atoms with Crippen LogP contribution in [-0.4, -0.2) is 34.9 Å². The number of phenols is 1. The van der Waals surface area contributed by atoms with E-state index in [0.717, 1.165) is 43.0 Å². The first-order valence-electron chi connectivity index (χ1n) is 8.68. The summed E-state index contributed by atoms with van der Waals surface area (Å²) in [5, 5.41) is 9.93. The highest BCUT2D eigenvalue weighted by Crippen LogP contribution is 2.51. The van der Waals surface area contributed by atoms with Gasteiger partial charge in [-0.05, 0) is 67.8 Å². The lowest BCUT2D eigenvalue weighted by Crippen LogP contribution is -2.61. The van der Waals surface area contributed by atoms with Crippen LogP contribution >= 0.6 is 0 Å². The molecule has 22 heavy (non-hydrogen) atoms. The standard InChI is InChI=1S/C19H25NO2/c1-3-19-8-9-20(11-13-4-5-13)17(12(19)2)18(22)15-7-6-14(21)10-16(15)19/h6-7,10,12-13,17,21H,3-5,8-9,11H2,1-2H3/t12-,17-,19-/m1/s1. The molecule has 2 bridgehead atoms. The SMILES string of the molecule is CC[C@]12CCN(CC3CC3)[C@@H](C(=O)c3ccc(O)cc31)[C@H]2C. The molecule has 1 heterocycles. The number of aromatic hydroxyl groups is 1. The number of piperidine rings is 1. The third-order valence-corrected chi connectivity index (χ3v) is 6.48. The molecule has 0 spiro atoms. The zero-order valence-electron chi connectivity index (χ0n) is 13.5. The second-order valence-electron chi connectivity index (χ2n) is 7.53. The summed E-state index contributed by atoms with van der Waals surface area (Å²) in [5.41, 5.74) is 1.99. The maximum absolute atomic E-state index is 13.1. The molecule has 0 aromatic heterocycles. The van der Waals surface area contributed by atoms with E-state index in [4.69, 9.17) is 0 Å². The molecule has 1 aromatic rings. The Kier molecular flexibility index (Phi) is 3.12. The smallest absolute Gasteiger partial charge is 0.180 e. The first-order chi connectivity index (χ1) is 10.6. The molecular formula is C19H25NO2. The maximum Gasteiger partial charge on any atom is 0.180 e. The van der Waals surface area contributed by atoms with E-state index in [2.05, 4.69) is 18.7 Å². The van der Waals surface area contributed by atoms with Gasteiger partial charge in [0.15, 0.2) is 5.78 Å². The highest BCUT2D eigenvalue weighted by molar-refractivity contribution is 6.03. The van der Waals surface area contributed by atoms with Crippen LogP contribution in [0.1, 0.15) is 55.5 Å². The van der Waals surface area contributed by atoms with E-state index in [1.54, 1.807) is 6.07 Å². The zero-order chi connectivity index (χ0) is 15.5. The number of carbonyl (C=O) groups excluding carboxylic acids is 1. The van der Waals surface area contributed by atoms with Crippen LogP contribution in [0.2, 0.25) is 0 Å². The molecule has 0 amide bonds. The lowest BCUT2D eigenvalue weighted by molar-refractivity contribution is 0.0196. The highest BCUT2D eigenvalue weighted by Gasteiger charge is 2.54. The molecule has 4 rings (SSSR count). The Morgan fingerprint density at radius 2 is 2.14 bits per heavy atom. The maximum atomic E-state index is 13.1. The van der Waals surface area contributed by atoms with Gasteiger partial charge in [-0.15, -0.1) is 0 Å². The Bertz CT molecular complexity index is 622. The Morgan fingerprint density at radius 3 is 2.82 bits per heavy atom. The minimum Gasteiger partial charge on any atom is -0.508 e. The summed E-state index contributed by atoms with van der Waals surface area (Å²) in [4.78, 5) is 15.5. The van der Waals surface area contributed by atoms with E-state index in [-0.39, 0.29) is 23.0 Å². The van der Waals surface area contributed by atoms with Crippen LogP contribution in [0.3, 0.4) is 0 Å². The molecule has 1 aliphatic heterocycles. The molecule has 0 radical (unpaired) electrons. The molecular weight excluding hydrogens is 274 g/mol. The van der Waals surface area contributed by atoms with Gasteiger partial charge in [-0.2, -0.15) is 0 Å². The molecule has 2 aliphatic carbocycles. The van der Waals surface area contributed by atoms with Crippen LogP contribution in [0.5, 0.6) is 5.75 Å². The number of carbonyl (C=O) groups is 1. The van der Waals surface area contributed by atoms with Gasteiger partial charge in [0.2, 0.25) is 0 Å². The van der Waals surface area contributed by atoms with Crippen LogP contribution in [0, 0.1) is 11.8 Å². The van der Waals surface area contributed by atoms with Crippen LogP contribution in [0.15, 0.2) is 18.2 Å². The van der Waals surface area contributed by atoms with Crippen molar-refractivity contribution in [2.24, 2.45) is 11.8 Å². The molecule has 3 nitrogen and oxygen atoms in total. The van der Waals surface area contributed by atoms with Gasteiger partial charge >= 0.3 is 0 Å². The molecule has 1 aromatic carbocycles. The van der Waals surface area contributed by atoms with Gasteiger partial charge in [0.25, 0.3) is 0 Å². The van der Waals surface area contributed by atoms with Crippen molar-refractivity contribution in [3.63, 3.8) is 0 Å². The van der Waals surface area contributed by atoms with Gasteiger partial charge in [0, 0.05) is 17.5 Å². The van der Waals surface area contributed by atoms with Gasteiger partial charge < -0.3 is 5.11 Å². The van der Waals surface area contributed by atoms with Crippen molar-refractivity contribution in [2.45, 2.75) is 51.0 Å². The van der Waals surface area contributed by atoms with Crippen molar-refractivity contribution in [2.75, 3.05) is 13.1 Å². The molecule has 3 atom stereocenters. The molecule has 1 N–H and O–H groups in total. The lowest BCUT2D eigenvalue weighted by atomic mass is 9.56. The van der Waals surface area contributed by atoms with Crippen molar-refractivity contribution in [1.29, 1.82) is 0 Å². The number of rotatable bonds is 3. The van der Waals surface area contributed by atoms with Gasteiger partial charge in [-0.1, -0.05) is 13.8 Å². The van der Waals surface area contributed by atoms with Crippen molar-refractivity contribution >= 4 is 5.78 Å². The monoisotopic (exact) mass is 299 g/mol. The van der Waals surface area contributed by atoms with Crippen molar-refractivity contribution in [1.82, 2.24) is 4.90 Å². The summed E-state index contributed by atoms with van der Waals surface area (Å²) in [7, 11) is 0. The number of Topliss-reactive ketones (excluding diaryl/α,β-unsaturated/α-hetero) is 1. The largest absolute Gasteiger partial charge is 0.508 e. The Hall–Kier alpha value is -1.35. The lowest BCUT2D eigenvalue weighted by Gasteiger charge is -2.55. The van der Waals surface area contributed by atoms with Gasteiger partial charge in [-0.25, -0.2) is 0 Å². The van der Waals surface area contributed by atoms with Gasteiger partial charge in [0.05, 0.1) is 6.04 Å². The van der Waals surface area contributed by atoms with E-state index >= 15 is 0 Å². The Labute approximate surface area is 132 Å². The average Bonchev–Trinajstić information content (AvgIpc) is 3.30. The zero-order valence-corrected chi connectivity index (χ0v) is 13.5. The minimum atomic E-state index is 0.0337. The summed E-state index contributed by atoms with van der Waals surface area (Å²) < 4.78 is 0. The van der Waals surface area contributed by atoms with Crippen LogP contribution in [-0.2, 0) is 5.41 Å². The van der Waals surface area contributed by atoms with Crippen LogP contribution < -0.4 is 0 Å². The topological polar surface area (TPSA) is 40.5 Å². The fourth-order valence-corrected chi connectivity index (χ4v) is 4.95. The Morgan fingerprint density at radius 1 is 1.36 bits per heavy atom. The number of phenolic OH excluding ortho intramolecular Hbond substituents is 1. The number of ketones is 1. The van der Waals surface area contributed by atoms with E-state index in [1.165, 1.54) is 12.8 Å². The third kappa shape index (κ3) is 1.88. The molecule has 3 heteroatoms. The summed E-state index contributed by atoms with van der Waals surface area (Å²) in [6.45, 7) is 6.58. The fraction of sp³-hybridized carbons (Fsp3) is 0.632. The third-order valence-electron chi connectivity index (χ3n) is 6.48. The summed E-state index contributed by atoms with van der Waals surface area (Å²) in [6, 6.07) is 5.39. The number of nitrogens with zero attached hydrogens (tertiary/aromatic N) is 1. The number of hydrogen-bond acceptors (Lipinski definition) is 3. The molecule has 0 unspecified atom stereocenters. The molecule has 1 saturated carbocycles. The van der Waals surface area contributed by atoms with E-state index in [1.807, 2.05) is 12.1 Å². The fourth-order valence-electron chi connectivity index (χ4n) is 4.95. The summed E-state index contributed by atoms with van der Waals surface area (Å²) in [5.74, 6) is 1.69. The van der Waals surface area contributed by atoms with Crippen LogP contribution in [0.4, 0.5) is 0 Å². The first kappa shape index (κ1) is 14.3. The number of likely N-dealkylation sites (tertiary alicyclic amines) is 1. The van der Waals surface area contributed by atoms with Crippen molar-refractivity contribution < 1.29 is 9.90 Å². The van der Waals surface area contributed by atoms with Crippen LogP contribution in [0.25, 0.3) is 0 Å². The molecule has 118 valence electrons. The molecule has 1 saturated heterocycles. The quantitative estimate of drug-likeness (QED) is 0.930. The van der Waals surface area contributed by atoms with Crippen molar-refractivity contribution in [3.05, 3.63) is 29.3 Å². The number of hydrogen-bond donors (Lipinski definition) is 1. The van der Waals surface area contributed by atoms with E-state index < -0.39 is 0 Å². The predicted octanol–water partition coefficient (Wildman–Crippen LogP) is 3.36. The minimum absolute atomic E-state index is 0.0337. The van der Waals surface area contributed by atoms with E-state index in [0.29, 0.717) is 5.92 Å². The average molecular weight is 299 g/mol. The molecule has 2 fully saturated rings. The normalized spacial score (nSPS) is 34.5. The first-order valence-corrected chi connectivity index (χ1v) is 8.68. The van der Waals surface area contributed by atoms with Gasteiger partial charge in [0.1, 0.15) is 5.75 Å². The van der Waals surface area contributed by atoms with Gasteiger partial charge in [-0.3, -0.25) is 9.69 Å². The second kappa shape index (κ2) is 4.82. The Balaban J connectivity index is 1.81. The summed E-state index contributed by atoms with van der Waals surface area (Å²) >= 11 is 0. The van der Waals surface area contributed by atoms with E-state index in [9.17, 15) is 9.90 Å². The molecule has 3 aliphatic rings. The summed E-state index contributed by atoms with van der Waals surface area (Å²) in [6.07, 6.45) is 4.79. The highest BCUT2D eigenvalue weighted by atomic mass is 16.3. The van der Waals surface area contributed by atoms with Crippen molar-refractivity contribution in [3.8, 4) is 5.75 Å². The predicted molar refractivity (Wildman–Crippen MR) is 86.3 cm³/mol.